The van der Waals surface area contributed by atoms with Gasteiger partial charge in [0.15, 0.2) is 11.5 Å². The number of ether oxygens (including phenoxy) is 2. The molecule has 0 bridgehead atoms. The van der Waals surface area contributed by atoms with Crippen LogP contribution in [0, 0.1) is 0 Å². The zero-order chi connectivity index (χ0) is 17.3. The summed E-state index contributed by atoms with van der Waals surface area (Å²) in [6, 6.07) is 9.60. The Labute approximate surface area is 146 Å². The van der Waals surface area contributed by atoms with Crippen LogP contribution < -0.4 is 9.47 Å². The van der Waals surface area contributed by atoms with Crippen LogP contribution in [-0.2, 0) is 6.54 Å². The van der Waals surface area contributed by atoms with E-state index in [2.05, 4.69) is 4.90 Å². The molecule has 3 rings (SSSR count). The molecule has 0 aliphatic rings. The molecule has 0 N–H and O–H groups in total. The van der Waals surface area contributed by atoms with Crippen LogP contribution in [0.3, 0.4) is 0 Å². The lowest BCUT2D eigenvalue weighted by Crippen LogP contribution is -2.13. The zero-order valence-electron chi connectivity index (χ0n) is 14.2. The molecule has 5 nitrogen and oxygen atoms in total. The number of fused-ring (bicyclic) bond motifs is 1. The number of rotatable bonds is 5. The molecule has 0 aliphatic heterocycles. The van der Waals surface area contributed by atoms with Gasteiger partial charge < -0.3 is 18.8 Å². The van der Waals surface area contributed by atoms with Gasteiger partial charge in [-0.15, -0.1) is 0 Å². The average Bonchev–Trinajstić information content (AvgIpc) is 2.91. The zero-order valence-corrected chi connectivity index (χ0v) is 15.0. The van der Waals surface area contributed by atoms with Crippen molar-refractivity contribution in [3.63, 3.8) is 0 Å². The molecule has 3 aromatic rings. The van der Waals surface area contributed by atoms with Crippen LogP contribution in [0.25, 0.3) is 16.9 Å². The Hall–Kier alpha value is -2.24. The number of hydrogen-bond donors (Lipinski definition) is 0. The first-order valence-corrected chi connectivity index (χ1v) is 7.95. The van der Waals surface area contributed by atoms with Gasteiger partial charge in [-0.1, -0.05) is 11.6 Å². The number of halogens is 1. The maximum absolute atomic E-state index is 6.17. The molecule has 0 fully saturated rings. The van der Waals surface area contributed by atoms with Gasteiger partial charge in [-0.25, -0.2) is 4.98 Å². The molecule has 2 heterocycles. The average molecular weight is 346 g/mol. The highest BCUT2D eigenvalue weighted by atomic mass is 35.5. The first-order valence-electron chi connectivity index (χ1n) is 7.57. The standard InChI is InChI=1S/C18H20ClN3O2/c1-21(2)11-14-18(20-17-8-6-13(19)10-22(14)17)12-5-7-15(23-3)16(9-12)24-4/h5-10H,11H2,1-4H3. The van der Waals surface area contributed by atoms with E-state index in [-0.39, 0.29) is 0 Å². The van der Waals surface area contributed by atoms with Crippen LogP contribution in [0.15, 0.2) is 36.5 Å². The smallest absolute Gasteiger partial charge is 0.161 e. The van der Waals surface area contributed by atoms with Crippen LogP contribution in [-0.4, -0.2) is 42.6 Å². The fraction of sp³-hybridized carbons (Fsp3) is 0.278. The number of benzene rings is 1. The lowest BCUT2D eigenvalue weighted by atomic mass is 10.1. The van der Waals surface area contributed by atoms with E-state index in [1.54, 1.807) is 14.2 Å². The van der Waals surface area contributed by atoms with Crippen LogP contribution in [0.1, 0.15) is 5.69 Å². The first kappa shape index (κ1) is 16.6. The quantitative estimate of drug-likeness (QED) is 0.706. The summed E-state index contributed by atoms with van der Waals surface area (Å²) >= 11 is 6.17. The molecular formula is C18H20ClN3O2. The highest BCUT2D eigenvalue weighted by molar-refractivity contribution is 6.30. The van der Waals surface area contributed by atoms with Crippen LogP contribution in [0.4, 0.5) is 0 Å². The highest BCUT2D eigenvalue weighted by Crippen LogP contribution is 2.34. The van der Waals surface area contributed by atoms with Gasteiger partial charge in [-0.05, 0) is 44.4 Å². The Balaban J connectivity index is 2.21. The number of nitrogens with zero attached hydrogens (tertiary/aromatic N) is 3. The van der Waals surface area contributed by atoms with Crippen molar-refractivity contribution in [3.05, 3.63) is 47.2 Å². The summed E-state index contributed by atoms with van der Waals surface area (Å²) in [6.45, 7) is 0.741. The van der Waals surface area contributed by atoms with Gasteiger partial charge in [-0.2, -0.15) is 0 Å². The Bertz CT molecular complexity index is 874. The third-order valence-corrected chi connectivity index (χ3v) is 4.03. The van der Waals surface area contributed by atoms with Gasteiger partial charge in [0.2, 0.25) is 0 Å². The van der Waals surface area contributed by atoms with E-state index in [0.29, 0.717) is 16.5 Å². The summed E-state index contributed by atoms with van der Waals surface area (Å²) < 4.78 is 12.8. The van der Waals surface area contributed by atoms with Crippen LogP contribution in [0.2, 0.25) is 5.02 Å². The second-order valence-electron chi connectivity index (χ2n) is 5.79. The third-order valence-electron chi connectivity index (χ3n) is 3.80. The predicted molar refractivity (Wildman–Crippen MR) is 96.1 cm³/mol. The normalized spacial score (nSPS) is 11.2. The van der Waals surface area contributed by atoms with Gasteiger partial charge >= 0.3 is 0 Å². The number of methoxy groups -OCH3 is 2. The minimum Gasteiger partial charge on any atom is -0.493 e. The fourth-order valence-corrected chi connectivity index (χ4v) is 2.89. The minimum atomic E-state index is 0.679. The molecule has 6 heteroatoms. The van der Waals surface area contributed by atoms with E-state index >= 15 is 0 Å². The Morgan fingerprint density at radius 1 is 1.08 bits per heavy atom. The van der Waals surface area contributed by atoms with Crippen LogP contribution in [0.5, 0.6) is 11.5 Å². The Kier molecular flexibility index (Phi) is 4.64. The number of imidazole rings is 1. The van der Waals surface area contributed by atoms with Crippen molar-refractivity contribution in [2.24, 2.45) is 0 Å². The largest absolute Gasteiger partial charge is 0.493 e. The van der Waals surface area contributed by atoms with Gasteiger partial charge in [0.1, 0.15) is 5.65 Å². The molecule has 0 atom stereocenters. The third kappa shape index (κ3) is 3.05. The van der Waals surface area contributed by atoms with E-state index < -0.39 is 0 Å². The second kappa shape index (κ2) is 6.71. The molecular weight excluding hydrogens is 326 g/mol. The van der Waals surface area contributed by atoms with Crippen molar-refractivity contribution in [2.45, 2.75) is 6.54 Å². The second-order valence-corrected chi connectivity index (χ2v) is 6.23. The van der Waals surface area contributed by atoms with E-state index in [1.807, 2.05) is 55.0 Å². The summed E-state index contributed by atoms with van der Waals surface area (Å²) in [5.41, 5.74) is 3.82. The number of hydrogen-bond acceptors (Lipinski definition) is 4. The molecule has 0 amide bonds. The summed E-state index contributed by atoms with van der Waals surface area (Å²) in [5.74, 6) is 1.38. The molecule has 0 spiro atoms. The summed E-state index contributed by atoms with van der Waals surface area (Å²) in [7, 11) is 7.32. The molecule has 0 saturated heterocycles. The van der Waals surface area contributed by atoms with Gasteiger partial charge in [0.25, 0.3) is 0 Å². The first-order chi connectivity index (χ1) is 11.5. The fourth-order valence-electron chi connectivity index (χ4n) is 2.73. The summed E-state index contributed by atoms with van der Waals surface area (Å²) in [5, 5.41) is 0.679. The lowest BCUT2D eigenvalue weighted by molar-refractivity contribution is 0.355. The Morgan fingerprint density at radius 3 is 2.50 bits per heavy atom. The predicted octanol–water partition coefficient (Wildman–Crippen LogP) is 3.73. The lowest BCUT2D eigenvalue weighted by Gasteiger charge is -2.13. The van der Waals surface area contributed by atoms with E-state index in [1.165, 1.54) is 0 Å². The monoisotopic (exact) mass is 345 g/mol. The van der Waals surface area contributed by atoms with E-state index in [0.717, 1.165) is 29.1 Å². The molecule has 0 unspecified atom stereocenters. The van der Waals surface area contributed by atoms with Crippen molar-refractivity contribution in [1.29, 1.82) is 0 Å². The van der Waals surface area contributed by atoms with Gasteiger partial charge in [0, 0.05) is 18.3 Å². The van der Waals surface area contributed by atoms with Crippen molar-refractivity contribution in [1.82, 2.24) is 14.3 Å². The van der Waals surface area contributed by atoms with E-state index in [9.17, 15) is 0 Å². The van der Waals surface area contributed by atoms with Gasteiger partial charge in [-0.3, -0.25) is 0 Å². The summed E-state index contributed by atoms with van der Waals surface area (Å²) in [4.78, 5) is 6.90. The highest BCUT2D eigenvalue weighted by Gasteiger charge is 2.17. The Morgan fingerprint density at radius 2 is 1.83 bits per heavy atom. The minimum absolute atomic E-state index is 0.679. The van der Waals surface area contributed by atoms with Crippen molar-refractivity contribution < 1.29 is 9.47 Å². The van der Waals surface area contributed by atoms with E-state index in [4.69, 9.17) is 26.1 Å². The molecule has 0 radical (unpaired) electrons. The van der Waals surface area contributed by atoms with Crippen molar-refractivity contribution in [3.8, 4) is 22.8 Å². The molecule has 0 aliphatic carbocycles. The molecule has 0 saturated carbocycles. The van der Waals surface area contributed by atoms with Gasteiger partial charge in [0.05, 0.1) is 30.6 Å². The van der Waals surface area contributed by atoms with Crippen molar-refractivity contribution >= 4 is 17.2 Å². The van der Waals surface area contributed by atoms with Crippen molar-refractivity contribution in [2.75, 3.05) is 28.3 Å². The maximum Gasteiger partial charge on any atom is 0.161 e. The topological polar surface area (TPSA) is 39.0 Å². The number of aromatic nitrogens is 2. The maximum atomic E-state index is 6.17. The molecule has 24 heavy (non-hydrogen) atoms. The number of pyridine rings is 1. The molecule has 126 valence electrons. The molecule has 2 aromatic heterocycles. The summed E-state index contributed by atoms with van der Waals surface area (Å²) in [6.07, 6.45) is 1.90. The SMILES string of the molecule is COc1ccc(-c2nc3ccc(Cl)cn3c2CN(C)C)cc1OC. The molecule has 1 aromatic carbocycles. The van der Waals surface area contributed by atoms with Crippen LogP contribution >= 0.6 is 11.6 Å².